The Morgan fingerprint density at radius 1 is 1.56 bits per heavy atom. The van der Waals surface area contributed by atoms with E-state index in [1.807, 2.05) is 13.8 Å². The van der Waals surface area contributed by atoms with E-state index < -0.39 is 12.0 Å². The minimum atomic E-state index is -0.920. The normalized spacial score (nSPS) is 20.8. The molecule has 1 rings (SSSR count). The third-order valence-corrected chi connectivity index (χ3v) is 3.31. The number of carboxylic acids is 1. The molecule has 0 aromatic rings. The topological polar surface area (TPSA) is 70.1 Å². The van der Waals surface area contributed by atoms with Crippen molar-refractivity contribution in [3.05, 3.63) is 0 Å². The Morgan fingerprint density at radius 2 is 2.22 bits per heavy atom. The standard InChI is InChI=1S/C12H22N2O4/c1-4-13(9(2)8-18-3)12(17)14-7-5-6-10(14)11(15)16/h9-10H,4-8H2,1-3H3,(H,15,16). The first-order valence-corrected chi connectivity index (χ1v) is 6.31. The maximum Gasteiger partial charge on any atom is 0.326 e. The molecule has 6 nitrogen and oxygen atoms in total. The molecule has 0 aromatic heterocycles. The van der Waals surface area contributed by atoms with Crippen molar-refractivity contribution in [2.24, 2.45) is 0 Å². The molecular formula is C12H22N2O4. The molecule has 0 bridgehead atoms. The third-order valence-electron chi connectivity index (χ3n) is 3.31. The summed E-state index contributed by atoms with van der Waals surface area (Å²) in [4.78, 5) is 26.5. The number of hydrogen-bond donors (Lipinski definition) is 1. The Balaban J connectivity index is 2.74. The predicted molar refractivity (Wildman–Crippen MR) is 66.5 cm³/mol. The van der Waals surface area contributed by atoms with Crippen LogP contribution >= 0.6 is 0 Å². The number of amides is 2. The largest absolute Gasteiger partial charge is 0.480 e. The molecule has 0 aromatic carbocycles. The number of likely N-dealkylation sites (tertiary alicyclic amines) is 1. The van der Waals surface area contributed by atoms with Gasteiger partial charge < -0.3 is 19.6 Å². The highest BCUT2D eigenvalue weighted by atomic mass is 16.5. The van der Waals surface area contributed by atoms with Gasteiger partial charge in [0.2, 0.25) is 0 Å². The van der Waals surface area contributed by atoms with Gasteiger partial charge in [0.05, 0.1) is 12.6 Å². The van der Waals surface area contributed by atoms with E-state index in [1.165, 1.54) is 4.90 Å². The second kappa shape index (κ2) is 6.58. The molecule has 0 saturated carbocycles. The molecule has 1 aliphatic heterocycles. The summed E-state index contributed by atoms with van der Waals surface area (Å²) in [6.45, 7) is 5.30. The summed E-state index contributed by atoms with van der Waals surface area (Å²) in [5.74, 6) is -0.920. The average molecular weight is 258 g/mol. The Bertz CT molecular complexity index is 308. The molecule has 0 aliphatic carbocycles. The van der Waals surface area contributed by atoms with Crippen LogP contribution in [0.25, 0.3) is 0 Å². The van der Waals surface area contributed by atoms with Gasteiger partial charge in [0.1, 0.15) is 6.04 Å². The second-order valence-corrected chi connectivity index (χ2v) is 4.56. The van der Waals surface area contributed by atoms with Gasteiger partial charge in [-0.2, -0.15) is 0 Å². The molecule has 2 atom stereocenters. The van der Waals surface area contributed by atoms with E-state index in [-0.39, 0.29) is 12.1 Å². The number of ether oxygens (including phenoxy) is 1. The van der Waals surface area contributed by atoms with Crippen LogP contribution in [0.4, 0.5) is 4.79 Å². The number of nitrogens with zero attached hydrogens (tertiary/aromatic N) is 2. The van der Waals surface area contributed by atoms with Crippen LogP contribution in [0.15, 0.2) is 0 Å². The van der Waals surface area contributed by atoms with Crippen LogP contribution in [-0.2, 0) is 9.53 Å². The number of hydrogen-bond acceptors (Lipinski definition) is 3. The number of methoxy groups -OCH3 is 1. The molecule has 104 valence electrons. The van der Waals surface area contributed by atoms with E-state index in [4.69, 9.17) is 9.84 Å². The zero-order chi connectivity index (χ0) is 13.7. The molecule has 18 heavy (non-hydrogen) atoms. The first-order valence-electron chi connectivity index (χ1n) is 6.31. The summed E-state index contributed by atoms with van der Waals surface area (Å²) in [5, 5.41) is 9.09. The zero-order valence-corrected chi connectivity index (χ0v) is 11.3. The van der Waals surface area contributed by atoms with Gasteiger partial charge in [-0.05, 0) is 26.7 Å². The van der Waals surface area contributed by atoms with Crippen LogP contribution in [-0.4, -0.2) is 65.8 Å². The predicted octanol–water partition coefficient (Wildman–Crippen LogP) is 1.01. The van der Waals surface area contributed by atoms with Gasteiger partial charge in [0.25, 0.3) is 0 Å². The van der Waals surface area contributed by atoms with Crippen LogP contribution in [0, 0.1) is 0 Å². The van der Waals surface area contributed by atoms with E-state index >= 15 is 0 Å². The lowest BCUT2D eigenvalue weighted by molar-refractivity contribution is -0.141. The quantitative estimate of drug-likeness (QED) is 0.799. The van der Waals surface area contributed by atoms with Crippen molar-refractivity contribution in [3.8, 4) is 0 Å². The summed E-state index contributed by atoms with van der Waals surface area (Å²) >= 11 is 0. The number of carbonyl (C=O) groups is 2. The first-order chi connectivity index (χ1) is 8.52. The van der Waals surface area contributed by atoms with E-state index in [9.17, 15) is 9.59 Å². The smallest absolute Gasteiger partial charge is 0.326 e. The van der Waals surface area contributed by atoms with Crippen LogP contribution in [0.5, 0.6) is 0 Å². The Morgan fingerprint density at radius 3 is 2.72 bits per heavy atom. The summed E-state index contributed by atoms with van der Waals surface area (Å²) in [6, 6.07) is -0.934. The van der Waals surface area contributed by atoms with E-state index in [0.29, 0.717) is 26.1 Å². The van der Waals surface area contributed by atoms with Crippen molar-refractivity contribution in [1.82, 2.24) is 9.80 Å². The highest BCUT2D eigenvalue weighted by molar-refractivity contribution is 5.83. The molecule has 1 fully saturated rings. The van der Waals surface area contributed by atoms with Gasteiger partial charge in [-0.25, -0.2) is 9.59 Å². The lowest BCUT2D eigenvalue weighted by Gasteiger charge is -2.33. The fourth-order valence-electron chi connectivity index (χ4n) is 2.38. The minimum Gasteiger partial charge on any atom is -0.480 e. The first kappa shape index (κ1) is 14.8. The van der Waals surface area contributed by atoms with Crippen LogP contribution in [0.2, 0.25) is 0 Å². The van der Waals surface area contributed by atoms with Crippen molar-refractivity contribution in [3.63, 3.8) is 0 Å². The molecule has 1 N–H and O–H groups in total. The molecule has 1 aliphatic rings. The zero-order valence-electron chi connectivity index (χ0n) is 11.3. The van der Waals surface area contributed by atoms with Crippen molar-refractivity contribution >= 4 is 12.0 Å². The molecule has 2 unspecified atom stereocenters. The van der Waals surface area contributed by atoms with Crippen LogP contribution in [0.3, 0.4) is 0 Å². The van der Waals surface area contributed by atoms with E-state index in [2.05, 4.69) is 0 Å². The van der Waals surface area contributed by atoms with Crippen LogP contribution in [0.1, 0.15) is 26.7 Å². The SMILES string of the molecule is CCN(C(=O)N1CCCC1C(=O)O)C(C)COC. The summed E-state index contributed by atoms with van der Waals surface area (Å²) in [5.41, 5.74) is 0. The van der Waals surface area contributed by atoms with Gasteiger partial charge in [0, 0.05) is 20.2 Å². The lowest BCUT2D eigenvalue weighted by Crippen LogP contribution is -2.51. The van der Waals surface area contributed by atoms with Gasteiger partial charge in [0.15, 0.2) is 0 Å². The highest BCUT2D eigenvalue weighted by Crippen LogP contribution is 2.20. The van der Waals surface area contributed by atoms with Gasteiger partial charge in [-0.15, -0.1) is 0 Å². The lowest BCUT2D eigenvalue weighted by atomic mass is 10.2. The summed E-state index contributed by atoms with van der Waals surface area (Å²) in [7, 11) is 1.59. The van der Waals surface area contributed by atoms with E-state index in [1.54, 1.807) is 12.0 Å². The Kier molecular flexibility index (Phi) is 5.40. The fraction of sp³-hybridized carbons (Fsp3) is 0.833. The highest BCUT2D eigenvalue weighted by Gasteiger charge is 2.36. The monoisotopic (exact) mass is 258 g/mol. The van der Waals surface area contributed by atoms with Gasteiger partial charge in [-0.1, -0.05) is 0 Å². The number of aliphatic carboxylic acids is 1. The minimum absolute atomic E-state index is 0.0532. The van der Waals surface area contributed by atoms with Gasteiger partial charge in [-0.3, -0.25) is 0 Å². The van der Waals surface area contributed by atoms with E-state index in [0.717, 1.165) is 6.42 Å². The van der Waals surface area contributed by atoms with Crippen molar-refractivity contribution in [1.29, 1.82) is 0 Å². The van der Waals surface area contributed by atoms with Crippen LogP contribution < -0.4 is 0 Å². The molecule has 2 amide bonds. The second-order valence-electron chi connectivity index (χ2n) is 4.56. The van der Waals surface area contributed by atoms with Gasteiger partial charge >= 0.3 is 12.0 Å². The molecule has 6 heteroatoms. The molecule has 0 radical (unpaired) electrons. The number of urea groups is 1. The number of rotatable bonds is 5. The maximum absolute atomic E-state index is 12.3. The number of likely N-dealkylation sites (N-methyl/N-ethyl adjacent to an activating group) is 1. The number of carboxylic acid groups (broad SMARTS) is 1. The molecular weight excluding hydrogens is 236 g/mol. The van der Waals surface area contributed by atoms with Crippen molar-refractivity contribution < 1.29 is 19.4 Å². The third kappa shape index (κ3) is 3.13. The van der Waals surface area contributed by atoms with Crippen molar-refractivity contribution in [2.45, 2.75) is 38.8 Å². The molecule has 1 saturated heterocycles. The molecule has 0 spiro atoms. The maximum atomic E-state index is 12.3. The fourth-order valence-corrected chi connectivity index (χ4v) is 2.38. The Labute approximate surface area is 107 Å². The Hall–Kier alpha value is -1.30. The summed E-state index contributed by atoms with van der Waals surface area (Å²) in [6.07, 6.45) is 1.29. The summed E-state index contributed by atoms with van der Waals surface area (Å²) < 4.78 is 5.04. The number of carbonyl (C=O) groups excluding carboxylic acids is 1. The molecule has 1 heterocycles. The van der Waals surface area contributed by atoms with Crippen molar-refractivity contribution in [2.75, 3.05) is 26.8 Å². The average Bonchev–Trinajstić information content (AvgIpc) is 2.79.